The van der Waals surface area contributed by atoms with Crippen LogP contribution >= 0.6 is 15.9 Å². The van der Waals surface area contributed by atoms with Gasteiger partial charge in [-0.1, -0.05) is 13.0 Å². The summed E-state index contributed by atoms with van der Waals surface area (Å²) in [6, 6.07) is 5.78. The number of rotatable bonds is 5. The molecule has 0 aromatic carbocycles. The van der Waals surface area contributed by atoms with Crippen molar-refractivity contribution >= 4 is 21.7 Å². The predicted molar refractivity (Wildman–Crippen MR) is 87.8 cm³/mol. The van der Waals surface area contributed by atoms with Crippen LogP contribution in [0, 0.1) is 13.8 Å². The number of nitrogens with one attached hydrogen (secondary N) is 1. The van der Waals surface area contributed by atoms with Gasteiger partial charge in [-0.3, -0.25) is 4.57 Å². The minimum atomic E-state index is -0.248. The van der Waals surface area contributed by atoms with Gasteiger partial charge in [-0.05, 0) is 48.3 Å². The van der Waals surface area contributed by atoms with E-state index in [9.17, 15) is 4.79 Å². The molecule has 2 aromatic rings. The largest absolute Gasteiger partial charge is 0.370 e. The summed E-state index contributed by atoms with van der Waals surface area (Å²) in [5.74, 6) is 0.833. The van der Waals surface area contributed by atoms with Crippen LogP contribution in [-0.2, 0) is 6.54 Å². The molecule has 0 bridgehead atoms. The van der Waals surface area contributed by atoms with Crippen LogP contribution in [-0.4, -0.2) is 21.1 Å². The quantitative estimate of drug-likeness (QED) is 0.900. The number of aryl methyl sites for hydroxylation is 1. The van der Waals surface area contributed by atoms with Gasteiger partial charge in [0.1, 0.15) is 5.82 Å². The van der Waals surface area contributed by atoms with E-state index < -0.39 is 0 Å². The zero-order valence-electron chi connectivity index (χ0n) is 12.5. The van der Waals surface area contributed by atoms with Gasteiger partial charge in [0.05, 0.1) is 22.4 Å². The van der Waals surface area contributed by atoms with Gasteiger partial charge in [0.2, 0.25) is 0 Å². The second kappa shape index (κ2) is 6.85. The van der Waals surface area contributed by atoms with Crippen LogP contribution in [0.15, 0.2) is 27.5 Å². The summed E-state index contributed by atoms with van der Waals surface area (Å²) in [6.45, 7) is 7.12. The first-order valence-corrected chi connectivity index (χ1v) is 7.75. The molecule has 2 heterocycles. The zero-order chi connectivity index (χ0) is 15.4. The highest BCUT2D eigenvalue weighted by Gasteiger charge is 2.10. The highest BCUT2D eigenvalue weighted by atomic mass is 79.9. The van der Waals surface area contributed by atoms with Gasteiger partial charge in [0.15, 0.2) is 0 Å². The summed E-state index contributed by atoms with van der Waals surface area (Å²) in [6.07, 6.45) is 1.04. The van der Waals surface area contributed by atoms with Gasteiger partial charge in [-0.25, -0.2) is 9.78 Å². The molecule has 5 nitrogen and oxygen atoms in total. The van der Waals surface area contributed by atoms with E-state index in [1.165, 1.54) is 0 Å². The fraction of sp³-hybridized carbons (Fsp3) is 0.400. The lowest BCUT2D eigenvalue weighted by Gasteiger charge is -2.12. The average molecular weight is 351 g/mol. The van der Waals surface area contributed by atoms with Crippen LogP contribution in [0.25, 0.3) is 0 Å². The Morgan fingerprint density at radius 1 is 1.29 bits per heavy atom. The Labute approximate surface area is 132 Å². The third-order valence-electron chi connectivity index (χ3n) is 3.22. The number of nitrogens with zero attached hydrogens (tertiary/aromatic N) is 3. The van der Waals surface area contributed by atoms with Crippen molar-refractivity contribution in [1.82, 2.24) is 14.5 Å². The van der Waals surface area contributed by atoms with Gasteiger partial charge in [0.25, 0.3) is 0 Å². The highest BCUT2D eigenvalue weighted by molar-refractivity contribution is 9.10. The Balaban J connectivity index is 2.30. The molecule has 0 spiro atoms. The molecule has 0 fully saturated rings. The Morgan fingerprint density at radius 3 is 2.76 bits per heavy atom. The van der Waals surface area contributed by atoms with Gasteiger partial charge in [-0.2, -0.15) is 4.98 Å². The molecular weight excluding hydrogens is 332 g/mol. The molecule has 0 aliphatic carbocycles. The molecule has 2 aromatic heterocycles. The first-order chi connectivity index (χ1) is 10.0. The van der Waals surface area contributed by atoms with E-state index >= 15 is 0 Å². The number of hydrogen-bond donors (Lipinski definition) is 1. The second-order valence-corrected chi connectivity index (χ2v) is 5.70. The average Bonchev–Trinajstić information content (AvgIpc) is 2.48. The summed E-state index contributed by atoms with van der Waals surface area (Å²) in [4.78, 5) is 20.6. The van der Waals surface area contributed by atoms with Crippen molar-refractivity contribution in [3.05, 3.63) is 50.2 Å². The monoisotopic (exact) mass is 350 g/mol. The van der Waals surface area contributed by atoms with Gasteiger partial charge in [0, 0.05) is 12.2 Å². The molecule has 0 aliphatic rings. The van der Waals surface area contributed by atoms with Crippen LogP contribution < -0.4 is 11.0 Å². The van der Waals surface area contributed by atoms with Gasteiger partial charge >= 0.3 is 5.69 Å². The van der Waals surface area contributed by atoms with E-state index in [4.69, 9.17) is 0 Å². The van der Waals surface area contributed by atoms with Gasteiger partial charge in [-0.15, -0.1) is 0 Å². The standard InChI is InChI=1S/C15H19BrN4O/c1-4-8-17-13-7-5-6-12(19-13)9-20-11(3)14(16)10(2)18-15(20)21/h5-7H,4,8-9H2,1-3H3,(H,17,19). The molecule has 0 radical (unpaired) electrons. The Bertz CT molecular complexity index is 697. The molecule has 0 aliphatic heterocycles. The first-order valence-electron chi connectivity index (χ1n) is 6.96. The molecule has 2 rings (SSSR count). The van der Waals surface area contributed by atoms with E-state index in [2.05, 4.69) is 38.1 Å². The minimum Gasteiger partial charge on any atom is -0.370 e. The second-order valence-electron chi connectivity index (χ2n) is 4.91. The van der Waals surface area contributed by atoms with E-state index in [1.807, 2.05) is 32.0 Å². The van der Waals surface area contributed by atoms with Crippen LogP contribution in [0.5, 0.6) is 0 Å². The molecule has 1 N–H and O–H groups in total. The van der Waals surface area contributed by atoms with Crippen LogP contribution in [0.3, 0.4) is 0 Å². The van der Waals surface area contributed by atoms with Crippen LogP contribution in [0.4, 0.5) is 5.82 Å². The third kappa shape index (κ3) is 3.69. The maximum atomic E-state index is 12.1. The first kappa shape index (κ1) is 15.7. The van der Waals surface area contributed by atoms with E-state index in [-0.39, 0.29) is 5.69 Å². The molecule has 0 saturated carbocycles. The highest BCUT2D eigenvalue weighted by Crippen LogP contribution is 2.17. The molecule has 21 heavy (non-hydrogen) atoms. The summed E-state index contributed by atoms with van der Waals surface area (Å²) in [5, 5.41) is 3.25. The minimum absolute atomic E-state index is 0.248. The van der Waals surface area contributed by atoms with Crippen molar-refractivity contribution in [2.24, 2.45) is 0 Å². The maximum absolute atomic E-state index is 12.1. The lowest BCUT2D eigenvalue weighted by molar-refractivity contribution is 0.676. The van der Waals surface area contributed by atoms with Crippen molar-refractivity contribution in [2.45, 2.75) is 33.7 Å². The Morgan fingerprint density at radius 2 is 2.05 bits per heavy atom. The molecule has 0 amide bonds. The molecule has 0 atom stereocenters. The van der Waals surface area contributed by atoms with E-state index in [0.29, 0.717) is 12.2 Å². The summed E-state index contributed by atoms with van der Waals surface area (Å²) in [5.41, 5.74) is 2.15. The lowest BCUT2D eigenvalue weighted by atomic mass is 10.3. The summed E-state index contributed by atoms with van der Waals surface area (Å²) >= 11 is 3.47. The van der Waals surface area contributed by atoms with Crippen molar-refractivity contribution < 1.29 is 0 Å². The predicted octanol–water partition coefficient (Wildman–Crippen LogP) is 2.89. The molecule has 6 heteroatoms. The van der Waals surface area contributed by atoms with E-state index in [1.54, 1.807) is 4.57 Å². The number of halogens is 1. The number of aromatic nitrogens is 3. The van der Waals surface area contributed by atoms with Crippen LogP contribution in [0.1, 0.15) is 30.4 Å². The number of hydrogen-bond acceptors (Lipinski definition) is 4. The smallest absolute Gasteiger partial charge is 0.348 e. The topological polar surface area (TPSA) is 59.8 Å². The van der Waals surface area contributed by atoms with Crippen molar-refractivity contribution in [1.29, 1.82) is 0 Å². The number of pyridine rings is 1. The zero-order valence-corrected chi connectivity index (χ0v) is 14.1. The molecular formula is C15H19BrN4O. The fourth-order valence-corrected chi connectivity index (χ4v) is 2.35. The van der Waals surface area contributed by atoms with Crippen molar-refractivity contribution in [2.75, 3.05) is 11.9 Å². The Hall–Kier alpha value is -1.69. The molecule has 0 saturated heterocycles. The SMILES string of the molecule is CCCNc1cccc(Cn2c(C)c(Br)c(C)nc2=O)n1. The van der Waals surface area contributed by atoms with Gasteiger partial charge < -0.3 is 5.32 Å². The normalized spacial score (nSPS) is 10.7. The van der Waals surface area contributed by atoms with Crippen molar-refractivity contribution in [3.8, 4) is 0 Å². The third-order valence-corrected chi connectivity index (χ3v) is 4.37. The molecule has 0 unspecified atom stereocenters. The maximum Gasteiger partial charge on any atom is 0.348 e. The van der Waals surface area contributed by atoms with Crippen molar-refractivity contribution in [3.63, 3.8) is 0 Å². The van der Waals surface area contributed by atoms with E-state index in [0.717, 1.165) is 34.6 Å². The molecule has 112 valence electrons. The fourth-order valence-electron chi connectivity index (χ4n) is 2.04. The number of anilines is 1. The summed E-state index contributed by atoms with van der Waals surface area (Å²) < 4.78 is 2.49. The van der Waals surface area contributed by atoms with Crippen LogP contribution in [0.2, 0.25) is 0 Å². The Kier molecular flexibility index (Phi) is 5.12. The lowest BCUT2D eigenvalue weighted by Crippen LogP contribution is -2.27. The summed E-state index contributed by atoms with van der Waals surface area (Å²) in [7, 11) is 0.